The summed E-state index contributed by atoms with van der Waals surface area (Å²) in [5.74, 6) is -1.08. The van der Waals surface area contributed by atoms with Gasteiger partial charge in [-0.05, 0) is 12.1 Å². The fourth-order valence-corrected chi connectivity index (χ4v) is 3.28. The van der Waals surface area contributed by atoms with E-state index in [-0.39, 0.29) is 53.7 Å². The second-order valence-corrected chi connectivity index (χ2v) is 6.19. The molecule has 0 unspecified atom stereocenters. The van der Waals surface area contributed by atoms with Crippen molar-refractivity contribution >= 4 is 69.3 Å². The Bertz CT molecular complexity index is 893. The number of nitrogen functional groups attached to an aromatic ring is 2. The molecule has 22 heavy (non-hydrogen) atoms. The van der Waals surface area contributed by atoms with E-state index in [1.165, 1.54) is 12.1 Å². The van der Waals surface area contributed by atoms with E-state index in [1.807, 2.05) is 0 Å². The van der Waals surface area contributed by atoms with E-state index in [9.17, 15) is 9.59 Å². The Balaban J connectivity index is 2.47. The molecule has 4 nitrogen and oxygen atoms in total. The van der Waals surface area contributed by atoms with Gasteiger partial charge in [0.2, 0.25) is 0 Å². The van der Waals surface area contributed by atoms with Gasteiger partial charge in [-0.25, -0.2) is 0 Å². The van der Waals surface area contributed by atoms with Gasteiger partial charge >= 0.3 is 0 Å². The number of anilines is 2. The normalized spacial score (nSPS) is 13.1. The maximum Gasteiger partial charge on any atom is 0.197 e. The van der Waals surface area contributed by atoms with Gasteiger partial charge in [0.25, 0.3) is 0 Å². The summed E-state index contributed by atoms with van der Waals surface area (Å²) in [5, 5.41) is -0.0921. The highest BCUT2D eigenvalue weighted by atomic mass is 35.5. The van der Waals surface area contributed by atoms with Crippen LogP contribution in [0.3, 0.4) is 0 Å². The number of carbonyl (C=O) groups excluding carboxylic acids is 2. The second kappa shape index (κ2) is 5.03. The number of hydrogen-bond donors (Lipinski definition) is 2. The SMILES string of the molecule is Nc1c(N)c2c(c(Cl)c1Cl)C(=O)c1c(ccc(Cl)c1Cl)C2=O. The fourth-order valence-electron chi connectivity index (χ4n) is 2.40. The van der Waals surface area contributed by atoms with E-state index in [0.717, 1.165) is 0 Å². The molecule has 0 radical (unpaired) electrons. The van der Waals surface area contributed by atoms with Crippen LogP contribution in [0, 0.1) is 0 Å². The predicted molar refractivity (Wildman–Crippen MR) is 88.6 cm³/mol. The van der Waals surface area contributed by atoms with Crippen molar-refractivity contribution in [1.29, 1.82) is 0 Å². The van der Waals surface area contributed by atoms with Crippen molar-refractivity contribution in [3.05, 3.63) is 54.5 Å². The van der Waals surface area contributed by atoms with Crippen LogP contribution in [0.15, 0.2) is 12.1 Å². The van der Waals surface area contributed by atoms with Gasteiger partial charge < -0.3 is 11.5 Å². The summed E-state index contributed by atoms with van der Waals surface area (Å²) in [6.45, 7) is 0. The summed E-state index contributed by atoms with van der Waals surface area (Å²) in [4.78, 5) is 25.4. The monoisotopic (exact) mass is 374 g/mol. The zero-order valence-corrected chi connectivity index (χ0v) is 13.7. The Hall–Kier alpha value is -1.46. The van der Waals surface area contributed by atoms with Crippen molar-refractivity contribution in [2.45, 2.75) is 0 Å². The highest BCUT2D eigenvalue weighted by molar-refractivity contribution is 6.51. The summed E-state index contributed by atoms with van der Waals surface area (Å²) in [6, 6.07) is 2.83. The van der Waals surface area contributed by atoms with Crippen LogP contribution in [0.1, 0.15) is 31.8 Å². The maximum atomic E-state index is 12.7. The first kappa shape index (κ1) is 15.4. The van der Waals surface area contributed by atoms with Crippen molar-refractivity contribution < 1.29 is 9.59 Å². The third kappa shape index (κ3) is 1.85. The van der Waals surface area contributed by atoms with E-state index < -0.39 is 11.6 Å². The van der Waals surface area contributed by atoms with Crippen LogP contribution >= 0.6 is 46.4 Å². The molecule has 1 aliphatic carbocycles. The van der Waals surface area contributed by atoms with E-state index in [0.29, 0.717) is 0 Å². The molecular weight excluding hydrogens is 370 g/mol. The predicted octanol–water partition coefficient (Wildman–Crippen LogP) is 4.24. The first-order valence-corrected chi connectivity index (χ1v) is 7.41. The molecule has 4 N–H and O–H groups in total. The molecule has 3 rings (SSSR count). The Morgan fingerprint density at radius 2 is 1.32 bits per heavy atom. The standard InChI is InChI=1S/C14H6Cl4N2O2/c15-4-2-1-3-5(8(4)16)14(22)6-7(13(3)21)11(19)12(20)10(18)9(6)17/h1-2H,19-20H2. The van der Waals surface area contributed by atoms with Crippen molar-refractivity contribution in [3.63, 3.8) is 0 Å². The Labute approximate surface area is 144 Å². The molecule has 1 aliphatic rings. The van der Waals surface area contributed by atoms with Gasteiger partial charge in [0.15, 0.2) is 11.6 Å². The molecule has 0 bridgehead atoms. The third-order valence-electron chi connectivity index (χ3n) is 3.48. The third-order valence-corrected chi connectivity index (χ3v) is 5.15. The molecule has 0 fully saturated rings. The first-order chi connectivity index (χ1) is 10.3. The van der Waals surface area contributed by atoms with E-state index >= 15 is 0 Å². The van der Waals surface area contributed by atoms with Crippen molar-refractivity contribution in [3.8, 4) is 0 Å². The summed E-state index contributed by atoms with van der Waals surface area (Å²) in [6.07, 6.45) is 0. The van der Waals surface area contributed by atoms with E-state index in [4.69, 9.17) is 57.9 Å². The number of benzene rings is 2. The lowest BCUT2D eigenvalue weighted by Gasteiger charge is -2.23. The van der Waals surface area contributed by atoms with Crippen LogP contribution < -0.4 is 11.5 Å². The summed E-state index contributed by atoms with van der Waals surface area (Å²) in [7, 11) is 0. The van der Waals surface area contributed by atoms with Gasteiger partial charge in [0.1, 0.15) is 0 Å². The Morgan fingerprint density at radius 3 is 1.95 bits per heavy atom. The Morgan fingerprint density at radius 1 is 0.682 bits per heavy atom. The van der Waals surface area contributed by atoms with Gasteiger partial charge in [-0.15, -0.1) is 0 Å². The minimum absolute atomic E-state index is 0.0196. The molecule has 112 valence electrons. The van der Waals surface area contributed by atoms with Gasteiger partial charge in [-0.1, -0.05) is 46.4 Å². The quantitative estimate of drug-likeness (QED) is 0.575. The zero-order chi connectivity index (χ0) is 16.3. The average molecular weight is 376 g/mol. The number of fused-ring (bicyclic) bond motifs is 2. The van der Waals surface area contributed by atoms with Crippen molar-refractivity contribution in [2.75, 3.05) is 11.5 Å². The molecule has 0 amide bonds. The number of carbonyl (C=O) groups is 2. The molecule has 2 aromatic rings. The second-order valence-electron chi connectivity index (χ2n) is 4.65. The highest BCUT2D eigenvalue weighted by Gasteiger charge is 2.37. The molecule has 0 spiro atoms. The van der Waals surface area contributed by atoms with Gasteiger partial charge in [0, 0.05) is 5.56 Å². The molecule has 0 aliphatic heterocycles. The van der Waals surface area contributed by atoms with Crippen molar-refractivity contribution in [2.24, 2.45) is 0 Å². The molecule has 0 saturated heterocycles. The lowest BCUT2D eigenvalue weighted by Crippen LogP contribution is -2.24. The molecule has 0 heterocycles. The summed E-state index contributed by atoms with van der Waals surface area (Å²) in [5.41, 5.74) is 11.4. The van der Waals surface area contributed by atoms with Crippen LogP contribution in [0.25, 0.3) is 0 Å². The first-order valence-electron chi connectivity index (χ1n) is 5.90. The number of rotatable bonds is 0. The van der Waals surface area contributed by atoms with Gasteiger partial charge in [0.05, 0.1) is 48.2 Å². The van der Waals surface area contributed by atoms with Gasteiger partial charge in [-0.2, -0.15) is 0 Å². The molecular formula is C14H6Cl4N2O2. The molecule has 2 aromatic carbocycles. The zero-order valence-electron chi connectivity index (χ0n) is 10.6. The maximum absolute atomic E-state index is 12.7. The van der Waals surface area contributed by atoms with E-state index in [2.05, 4.69) is 0 Å². The molecule has 0 aromatic heterocycles. The van der Waals surface area contributed by atoms with Crippen molar-refractivity contribution in [1.82, 2.24) is 0 Å². The minimum Gasteiger partial charge on any atom is -0.396 e. The highest BCUT2D eigenvalue weighted by Crippen LogP contribution is 2.45. The number of nitrogens with two attached hydrogens (primary N) is 2. The topological polar surface area (TPSA) is 86.2 Å². The number of halogens is 4. The van der Waals surface area contributed by atoms with Crippen LogP contribution in [-0.2, 0) is 0 Å². The smallest absolute Gasteiger partial charge is 0.197 e. The van der Waals surface area contributed by atoms with Crippen LogP contribution in [0.2, 0.25) is 20.1 Å². The largest absolute Gasteiger partial charge is 0.396 e. The lowest BCUT2D eigenvalue weighted by molar-refractivity contribution is 0.0980. The fraction of sp³-hybridized carbons (Fsp3) is 0. The van der Waals surface area contributed by atoms with Crippen LogP contribution in [-0.4, -0.2) is 11.6 Å². The molecule has 0 atom stereocenters. The lowest BCUT2D eigenvalue weighted by atomic mass is 9.82. The van der Waals surface area contributed by atoms with Crippen LogP contribution in [0.5, 0.6) is 0 Å². The summed E-state index contributed by atoms with van der Waals surface area (Å²) >= 11 is 24.0. The molecule has 0 saturated carbocycles. The summed E-state index contributed by atoms with van der Waals surface area (Å²) < 4.78 is 0. The van der Waals surface area contributed by atoms with Crippen LogP contribution in [0.4, 0.5) is 11.4 Å². The van der Waals surface area contributed by atoms with E-state index in [1.54, 1.807) is 0 Å². The molecule has 8 heteroatoms. The average Bonchev–Trinajstić information content (AvgIpc) is 2.49. The minimum atomic E-state index is -0.573. The number of hydrogen-bond acceptors (Lipinski definition) is 4. The Kier molecular flexibility index (Phi) is 3.53. The van der Waals surface area contributed by atoms with Gasteiger partial charge in [-0.3, -0.25) is 9.59 Å². The number of ketones is 2.